The fourth-order valence-electron chi connectivity index (χ4n) is 8.02. The lowest BCUT2D eigenvalue weighted by molar-refractivity contribution is -0.143. The normalized spacial score (nSPS) is 29.3. The molecule has 4 unspecified atom stereocenters. The van der Waals surface area contributed by atoms with Crippen molar-refractivity contribution in [2.24, 2.45) is 17.8 Å². The number of phenolic OH excluding ortho intramolecular Hbond substituents is 1. The number of rotatable bonds is 2. The molecule has 0 spiro atoms. The number of phenols is 1. The van der Waals surface area contributed by atoms with Crippen LogP contribution in [-0.2, 0) is 19.2 Å². The summed E-state index contributed by atoms with van der Waals surface area (Å²) in [5, 5.41) is 13.0. The monoisotopic (exact) mass is 521 g/mol. The third-order valence-electron chi connectivity index (χ3n) is 9.77. The van der Waals surface area contributed by atoms with Gasteiger partial charge >= 0.3 is 0 Å². The molecule has 0 aromatic heterocycles. The molecule has 2 aromatic rings. The molecule has 7 rings (SSSR count). The average molecular weight is 522 g/mol. The van der Waals surface area contributed by atoms with Crippen molar-refractivity contribution in [1.82, 2.24) is 4.90 Å². The largest absolute Gasteiger partial charge is 0.508 e. The number of fused-ring (bicyclic) bond motifs is 4. The molecular formula is C33H31NO5. The first-order valence-corrected chi connectivity index (χ1v) is 14.1. The number of likely N-dealkylation sites (tertiary alicyclic amines) is 1. The summed E-state index contributed by atoms with van der Waals surface area (Å²) in [6.07, 6.45) is 8.97. The second-order valence-electron chi connectivity index (χ2n) is 11.8. The Kier molecular flexibility index (Phi) is 5.51. The molecule has 0 bridgehead atoms. The van der Waals surface area contributed by atoms with Gasteiger partial charge in [0.15, 0.2) is 11.6 Å². The molecular weight excluding hydrogens is 490 g/mol. The second kappa shape index (κ2) is 8.87. The molecule has 1 heterocycles. The van der Waals surface area contributed by atoms with E-state index in [0.29, 0.717) is 28.7 Å². The van der Waals surface area contributed by atoms with Crippen molar-refractivity contribution in [3.05, 3.63) is 76.4 Å². The molecule has 2 aromatic carbocycles. The predicted molar refractivity (Wildman–Crippen MR) is 146 cm³/mol. The number of benzene rings is 2. The predicted octanol–water partition coefficient (Wildman–Crippen LogP) is 5.31. The molecule has 2 amide bonds. The maximum absolute atomic E-state index is 14.0. The summed E-state index contributed by atoms with van der Waals surface area (Å²) < 4.78 is 0. The van der Waals surface area contributed by atoms with Gasteiger partial charge in [0.25, 0.3) is 0 Å². The van der Waals surface area contributed by atoms with Crippen LogP contribution < -0.4 is 0 Å². The number of amides is 2. The second-order valence-corrected chi connectivity index (χ2v) is 11.8. The van der Waals surface area contributed by atoms with Crippen LogP contribution in [0.3, 0.4) is 0 Å². The Labute approximate surface area is 227 Å². The molecule has 198 valence electrons. The van der Waals surface area contributed by atoms with Gasteiger partial charge in [0.1, 0.15) is 5.75 Å². The van der Waals surface area contributed by atoms with Crippen LogP contribution in [0.15, 0.2) is 70.8 Å². The Hall–Kier alpha value is -3.80. The van der Waals surface area contributed by atoms with Crippen molar-refractivity contribution < 1.29 is 24.3 Å². The number of hydrogen-bond acceptors (Lipinski definition) is 5. The number of aromatic hydroxyl groups is 1. The molecule has 1 saturated heterocycles. The van der Waals surface area contributed by atoms with Crippen molar-refractivity contribution in [2.75, 3.05) is 0 Å². The van der Waals surface area contributed by atoms with Gasteiger partial charge in [-0.3, -0.25) is 24.1 Å². The molecule has 0 radical (unpaired) electrons. The highest BCUT2D eigenvalue weighted by Crippen LogP contribution is 2.57. The topological polar surface area (TPSA) is 91.8 Å². The van der Waals surface area contributed by atoms with E-state index in [1.54, 1.807) is 17.9 Å². The average Bonchev–Trinajstić information content (AvgIpc) is 3.21. The summed E-state index contributed by atoms with van der Waals surface area (Å²) in [6, 6.07) is 11.1. The lowest BCUT2D eigenvalue weighted by atomic mass is 9.59. The third-order valence-corrected chi connectivity index (χ3v) is 9.77. The fraction of sp³-hybridized carbons (Fsp3) is 0.394. The van der Waals surface area contributed by atoms with Gasteiger partial charge in [-0.15, -0.1) is 0 Å². The van der Waals surface area contributed by atoms with Gasteiger partial charge in [-0.1, -0.05) is 61.2 Å². The first kappa shape index (κ1) is 24.3. The number of carbonyl (C=O) groups excluding carboxylic acids is 4. The lowest BCUT2D eigenvalue weighted by Crippen LogP contribution is -2.43. The van der Waals surface area contributed by atoms with Crippen LogP contribution in [0.25, 0.3) is 10.8 Å². The lowest BCUT2D eigenvalue weighted by Gasteiger charge is -2.42. The van der Waals surface area contributed by atoms with E-state index in [1.807, 2.05) is 36.4 Å². The Morgan fingerprint density at radius 1 is 0.897 bits per heavy atom. The summed E-state index contributed by atoms with van der Waals surface area (Å²) in [6.45, 7) is 1.65. The molecule has 39 heavy (non-hydrogen) atoms. The van der Waals surface area contributed by atoms with Crippen molar-refractivity contribution in [1.29, 1.82) is 0 Å². The Morgan fingerprint density at radius 3 is 2.46 bits per heavy atom. The zero-order valence-corrected chi connectivity index (χ0v) is 22.0. The van der Waals surface area contributed by atoms with Crippen LogP contribution in [-0.4, -0.2) is 39.4 Å². The van der Waals surface area contributed by atoms with E-state index in [1.165, 1.54) is 6.08 Å². The molecule has 1 saturated carbocycles. The molecule has 4 aliphatic carbocycles. The number of hydrogen-bond donors (Lipinski definition) is 1. The molecule has 5 aliphatic rings. The van der Waals surface area contributed by atoms with Gasteiger partial charge in [-0.05, 0) is 61.4 Å². The van der Waals surface area contributed by atoms with E-state index in [-0.39, 0.29) is 47.5 Å². The van der Waals surface area contributed by atoms with E-state index in [9.17, 15) is 24.3 Å². The van der Waals surface area contributed by atoms with E-state index in [2.05, 4.69) is 0 Å². The van der Waals surface area contributed by atoms with Gasteiger partial charge in [0.2, 0.25) is 11.8 Å². The summed E-state index contributed by atoms with van der Waals surface area (Å²) in [5.41, 5.74) is 2.68. The minimum atomic E-state index is -0.654. The Balaban J connectivity index is 1.41. The van der Waals surface area contributed by atoms with Gasteiger partial charge in [-0.2, -0.15) is 0 Å². The number of nitrogens with zero attached hydrogens (tertiary/aromatic N) is 1. The van der Waals surface area contributed by atoms with Gasteiger partial charge in [0.05, 0.1) is 11.8 Å². The van der Waals surface area contributed by atoms with E-state index in [0.717, 1.165) is 48.4 Å². The highest BCUT2D eigenvalue weighted by atomic mass is 16.3. The molecule has 6 nitrogen and oxygen atoms in total. The minimum absolute atomic E-state index is 0.0489. The molecule has 1 N–H and O–H groups in total. The number of Topliss-reactive ketones (excluding diaryl/α,β-unsaturated/α-hetero) is 1. The molecule has 2 fully saturated rings. The maximum atomic E-state index is 14.0. The van der Waals surface area contributed by atoms with Crippen LogP contribution >= 0.6 is 0 Å². The van der Waals surface area contributed by atoms with Crippen LogP contribution in [0.1, 0.15) is 63.4 Å². The van der Waals surface area contributed by atoms with Crippen molar-refractivity contribution >= 4 is 34.2 Å². The number of ketones is 2. The van der Waals surface area contributed by atoms with E-state index in [4.69, 9.17) is 0 Å². The first-order valence-electron chi connectivity index (χ1n) is 14.1. The molecule has 6 heteroatoms. The summed E-state index contributed by atoms with van der Waals surface area (Å²) in [5.74, 6) is -2.59. The number of allylic oxidation sites excluding steroid dienone is 6. The highest BCUT2D eigenvalue weighted by Gasteiger charge is 2.57. The molecule has 1 aliphatic heterocycles. The summed E-state index contributed by atoms with van der Waals surface area (Å²) in [4.78, 5) is 56.3. The van der Waals surface area contributed by atoms with Gasteiger partial charge in [-0.25, -0.2) is 0 Å². The van der Waals surface area contributed by atoms with E-state index >= 15 is 0 Å². The highest BCUT2D eigenvalue weighted by molar-refractivity contribution is 6.24. The van der Waals surface area contributed by atoms with E-state index < -0.39 is 17.8 Å². The Morgan fingerprint density at radius 2 is 1.67 bits per heavy atom. The van der Waals surface area contributed by atoms with Crippen LogP contribution in [0.4, 0.5) is 0 Å². The van der Waals surface area contributed by atoms with Gasteiger partial charge < -0.3 is 5.11 Å². The van der Waals surface area contributed by atoms with Crippen LogP contribution in [0, 0.1) is 17.8 Å². The number of carbonyl (C=O) groups is 4. The summed E-state index contributed by atoms with van der Waals surface area (Å²) in [7, 11) is 0. The summed E-state index contributed by atoms with van der Waals surface area (Å²) >= 11 is 0. The zero-order valence-electron chi connectivity index (χ0n) is 22.0. The smallest absolute Gasteiger partial charge is 0.233 e. The zero-order chi connectivity index (χ0) is 27.0. The first-order chi connectivity index (χ1) is 18.9. The minimum Gasteiger partial charge on any atom is -0.508 e. The SMILES string of the molecule is CC1=CC(=O)C2=C(CC3C(=CCC4C(=O)N(C5CCCCC5)C(=O)C43)C2c2c(O)ccc3ccccc23)C1=O. The maximum Gasteiger partial charge on any atom is 0.233 e. The molecule has 4 atom stereocenters. The third kappa shape index (κ3) is 3.46. The van der Waals surface area contributed by atoms with Crippen LogP contribution in [0.2, 0.25) is 0 Å². The standard InChI is InChI=1S/C33H31NO5/c1-17-15-26(36)29-24(31(17)37)16-23-21(30(29)28-20-10-6-5-7-18(20)11-14-25(28)35)12-13-22-27(23)33(39)34(32(22)38)19-8-3-2-4-9-19/h5-7,10-12,14-15,19,22-23,27,30,35H,2-4,8-9,13,16H2,1H3. The van der Waals surface area contributed by atoms with Crippen molar-refractivity contribution in [3.63, 3.8) is 0 Å². The van der Waals surface area contributed by atoms with Crippen LogP contribution in [0.5, 0.6) is 5.75 Å². The van der Waals surface area contributed by atoms with Crippen molar-refractivity contribution in [2.45, 2.75) is 63.8 Å². The number of imide groups is 1. The fourth-order valence-corrected chi connectivity index (χ4v) is 8.02. The Bertz CT molecular complexity index is 1570. The van der Waals surface area contributed by atoms with Crippen molar-refractivity contribution in [3.8, 4) is 5.75 Å². The van der Waals surface area contributed by atoms with Gasteiger partial charge in [0, 0.05) is 34.2 Å². The quantitative estimate of drug-likeness (QED) is 0.329.